The molecule has 0 bridgehead atoms. The summed E-state index contributed by atoms with van der Waals surface area (Å²) in [6.45, 7) is 3.26. The summed E-state index contributed by atoms with van der Waals surface area (Å²) in [5, 5.41) is 5.89. The monoisotopic (exact) mass is 736 g/mol. The molecule has 278 valence electrons. The maximum absolute atomic E-state index is 14.7. The lowest BCUT2D eigenvalue weighted by molar-refractivity contribution is -0.136. The predicted octanol–water partition coefficient (Wildman–Crippen LogP) is 3.21. The van der Waals surface area contributed by atoms with Crippen LogP contribution in [-0.2, 0) is 14.4 Å². The fourth-order valence-electron chi connectivity index (χ4n) is 7.75. The van der Waals surface area contributed by atoms with Crippen LogP contribution in [0.1, 0.15) is 59.2 Å². The van der Waals surface area contributed by atoms with E-state index in [1.165, 1.54) is 6.07 Å². The number of rotatable bonds is 8. The quantitative estimate of drug-likeness (QED) is 0.200. The molecule has 15 nitrogen and oxygen atoms in total. The fraction of sp³-hybridized carbons (Fsp3) is 0.368. The Balaban J connectivity index is 0.821. The minimum Gasteiger partial charge on any atom is -0.423 e. The van der Waals surface area contributed by atoms with Gasteiger partial charge in [-0.2, -0.15) is 4.98 Å². The van der Waals surface area contributed by atoms with Gasteiger partial charge in [0.25, 0.3) is 11.8 Å². The molecule has 0 radical (unpaired) electrons. The maximum atomic E-state index is 14.7. The second kappa shape index (κ2) is 14.3. The number of piperazine rings is 1. The van der Waals surface area contributed by atoms with Gasteiger partial charge in [0.1, 0.15) is 11.6 Å². The molecule has 8 rings (SSSR count). The first-order valence-corrected chi connectivity index (χ1v) is 18.1. The van der Waals surface area contributed by atoms with Gasteiger partial charge in [-0.25, -0.2) is 14.2 Å². The Labute approximate surface area is 308 Å². The van der Waals surface area contributed by atoms with E-state index in [-0.39, 0.29) is 30.1 Å². The number of hydrogen-bond donors (Lipinski definition) is 2. The highest BCUT2D eigenvalue weighted by Gasteiger charge is 2.46. The molecule has 3 saturated heterocycles. The average molecular weight is 737 g/mol. The Morgan fingerprint density at radius 1 is 0.907 bits per heavy atom. The first-order valence-electron chi connectivity index (χ1n) is 18.1. The van der Waals surface area contributed by atoms with Crippen molar-refractivity contribution in [3.63, 3.8) is 0 Å². The molecule has 5 amide bonds. The van der Waals surface area contributed by atoms with Gasteiger partial charge in [0, 0.05) is 69.3 Å². The van der Waals surface area contributed by atoms with Gasteiger partial charge in [-0.05, 0) is 68.0 Å². The number of fused-ring (bicyclic) bond motifs is 2. The largest absolute Gasteiger partial charge is 0.423 e. The van der Waals surface area contributed by atoms with E-state index in [0.29, 0.717) is 85.5 Å². The van der Waals surface area contributed by atoms with Crippen LogP contribution in [0.4, 0.5) is 27.5 Å². The molecule has 0 saturated carbocycles. The maximum Gasteiger partial charge on any atom is 0.336 e. The third-order valence-corrected chi connectivity index (χ3v) is 10.7. The van der Waals surface area contributed by atoms with E-state index in [9.17, 15) is 33.2 Å². The fourth-order valence-corrected chi connectivity index (χ4v) is 7.75. The van der Waals surface area contributed by atoms with Crippen LogP contribution < -0.4 is 26.1 Å². The number of amides is 5. The summed E-state index contributed by atoms with van der Waals surface area (Å²) >= 11 is 0. The highest BCUT2D eigenvalue weighted by molar-refractivity contribution is 6.25. The molecule has 2 aromatic carbocycles. The third kappa shape index (κ3) is 6.74. The summed E-state index contributed by atoms with van der Waals surface area (Å²) in [7, 11) is 0. The lowest BCUT2D eigenvalue weighted by Crippen LogP contribution is -2.54. The summed E-state index contributed by atoms with van der Waals surface area (Å²) in [4.78, 5) is 91.2. The Bertz CT molecular complexity index is 2250. The van der Waals surface area contributed by atoms with Crippen molar-refractivity contribution in [2.45, 2.75) is 44.6 Å². The van der Waals surface area contributed by atoms with Crippen molar-refractivity contribution in [2.75, 3.05) is 54.4 Å². The number of carbonyl (C=O) groups is 5. The lowest BCUT2D eigenvalue weighted by Gasteiger charge is -2.36. The summed E-state index contributed by atoms with van der Waals surface area (Å²) in [6.07, 6.45) is 4.06. The molecule has 4 aliphatic heterocycles. The van der Waals surface area contributed by atoms with E-state index in [1.807, 2.05) is 15.9 Å². The molecular weight excluding hydrogens is 699 g/mol. The first kappa shape index (κ1) is 34.9. The number of imide groups is 2. The zero-order valence-electron chi connectivity index (χ0n) is 29.3. The van der Waals surface area contributed by atoms with Crippen LogP contribution in [0.15, 0.2) is 63.9 Å². The zero-order valence-corrected chi connectivity index (χ0v) is 29.3. The van der Waals surface area contributed by atoms with E-state index < -0.39 is 41.1 Å². The zero-order chi connectivity index (χ0) is 37.5. The van der Waals surface area contributed by atoms with Gasteiger partial charge < -0.3 is 24.4 Å². The van der Waals surface area contributed by atoms with E-state index in [1.54, 1.807) is 36.4 Å². The van der Waals surface area contributed by atoms with Crippen LogP contribution >= 0.6 is 0 Å². The van der Waals surface area contributed by atoms with Crippen molar-refractivity contribution in [1.29, 1.82) is 0 Å². The Morgan fingerprint density at radius 3 is 2.48 bits per heavy atom. The minimum absolute atomic E-state index is 0.00669. The van der Waals surface area contributed by atoms with Crippen LogP contribution in [0, 0.1) is 11.7 Å². The van der Waals surface area contributed by atoms with Gasteiger partial charge >= 0.3 is 5.63 Å². The van der Waals surface area contributed by atoms with Gasteiger partial charge in [-0.3, -0.25) is 34.2 Å². The highest BCUT2D eigenvalue weighted by atomic mass is 19.1. The molecule has 54 heavy (non-hydrogen) atoms. The Kier molecular flexibility index (Phi) is 9.25. The van der Waals surface area contributed by atoms with E-state index >= 15 is 0 Å². The summed E-state index contributed by atoms with van der Waals surface area (Å²) in [5.41, 5.74) is 1.74. The molecule has 16 heteroatoms. The number of piperidine rings is 2. The first-order chi connectivity index (χ1) is 26.1. The SMILES string of the molecule is O=C1CCC(N2C(=O)c3cccc(N4CCC(CCC(=O)N5CCN(c6ncc(F)c(Nc7ccc8oc(=O)ccc8c7)n6)CC5)CC4)c3C2=O)C(=O)N1. The number of carbonyl (C=O) groups excluding carboxylic acids is 5. The van der Waals surface area contributed by atoms with Gasteiger partial charge in [0.15, 0.2) is 11.6 Å². The number of anilines is 4. The lowest BCUT2D eigenvalue weighted by atomic mass is 9.91. The van der Waals surface area contributed by atoms with Crippen molar-refractivity contribution in [1.82, 2.24) is 25.1 Å². The van der Waals surface area contributed by atoms with Crippen molar-refractivity contribution in [3.8, 4) is 0 Å². The molecule has 1 atom stereocenters. The second-order valence-corrected chi connectivity index (χ2v) is 14.0. The Hall–Kier alpha value is -6.19. The van der Waals surface area contributed by atoms with Gasteiger partial charge in [-0.15, -0.1) is 0 Å². The van der Waals surface area contributed by atoms with Gasteiger partial charge in [0.05, 0.1) is 23.0 Å². The molecule has 3 fully saturated rings. The molecule has 2 aromatic heterocycles. The third-order valence-electron chi connectivity index (χ3n) is 10.7. The topological polar surface area (TPSA) is 178 Å². The number of benzene rings is 2. The summed E-state index contributed by atoms with van der Waals surface area (Å²) in [6, 6.07) is 12.1. The van der Waals surface area contributed by atoms with E-state index in [0.717, 1.165) is 30.4 Å². The smallest absolute Gasteiger partial charge is 0.336 e. The number of halogens is 1. The number of aromatic nitrogens is 2. The molecule has 4 aliphatic rings. The normalized spacial score (nSPS) is 19.4. The van der Waals surface area contributed by atoms with Crippen LogP contribution in [-0.4, -0.2) is 94.6 Å². The van der Waals surface area contributed by atoms with Crippen LogP contribution in [0.2, 0.25) is 0 Å². The van der Waals surface area contributed by atoms with Crippen molar-refractivity contribution < 1.29 is 32.8 Å². The van der Waals surface area contributed by atoms with Crippen LogP contribution in [0.3, 0.4) is 0 Å². The van der Waals surface area contributed by atoms with Crippen molar-refractivity contribution in [3.05, 3.63) is 82.1 Å². The standard InChI is InChI=1S/C38H37FN8O7/c39-26-21-40-38(43-34(26)41-24-6-8-29-23(20-24)5-11-32(50)54-29)46-18-16-45(17-19-46)31(49)10-4-22-12-14-44(15-13-22)27-3-1-2-25-33(27)37(53)47(36(25)52)28-7-9-30(48)42-35(28)51/h1-3,5-6,8,11,20-22,28H,4,7,9-10,12-19H2,(H,40,41,43)(H,42,48,51). The van der Waals surface area contributed by atoms with E-state index in [4.69, 9.17) is 4.42 Å². The van der Waals surface area contributed by atoms with Crippen molar-refractivity contribution >= 4 is 63.6 Å². The highest BCUT2D eigenvalue weighted by Crippen LogP contribution is 2.36. The van der Waals surface area contributed by atoms with Crippen molar-refractivity contribution in [2.24, 2.45) is 5.92 Å². The molecule has 6 heterocycles. The minimum atomic E-state index is -1.02. The van der Waals surface area contributed by atoms with Gasteiger partial charge in [-0.1, -0.05) is 6.07 Å². The number of nitrogens with zero attached hydrogens (tertiary/aromatic N) is 6. The van der Waals surface area contributed by atoms with Gasteiger partial charge in [0.2, 0.25) is 23.7 Å². The molecular formula is C38H37FN8O7. The molecule has 0 spiro atoms. The molecule has 2 N–H and O–H groups in total. The summed E-state index contributed by atoms with van der Waals surface area (Å²) < 4.78 is 19.9. The summed E-state index contributed by atoms with van der Waals surface area (Å²) in [5.74, 6) is -1.96. The molecule has 4 aromatic rings. The predicted molar refractivity (Wildman–Crippen MR) is 194 cm³/mol. The molecule has 1 unspecified atom stereocenters. The van der Waals surface area contributed by atoms with E-state index in [2.05, 4.69) is 25.5 Å². The van der Waals surface area contributed by atoms with Crippen LogP contribution in [0.25, 0.3) is 11.0 Å². The molecule has 0 aliphatic carbocycles. The number of hydrogen-bond acceptors (Lipinski definition) is 12. The average Bonchev–Trinajstić information content (AvgIpc) is 3.43. The van der Waals surface area contributed by atoms with Crippen LogP contribution in [0.5, 0.6) is 0 Å². The second-order valence-electron chi connectivity index (χ2n) is 14.0. The Morgan fingerprint density at radius 2 is 1.70 bits per heavy atom. The number of nitrogens with one attached hydrogen (secondary N) is 2.